The molecule has 13 heavy (non-hydrogen) atoms. The number of hydrogen-bond donors (Lipinski definition) is 1. The summed E-state index contributed by atoms with van der Waals surface area (Å²) in [5, 5.41) is 0. The van der Waals surface area contributed by atoms with Gasteiger partial charge in [-0.3, -0.25) is 0 Å². The second-order valence-corrected chi connectivity index (χ2v) is 3.00. The fraction of sp³-hybridized carbons (Fsp3) is 0.444. The van der Waals surface area contributed by atoms with E-state index in [0.29, 0.717) is 6.61 Å². The number of pyridine rings is 1. The lowest BCUT2D eigenvalue weighted by molar-refractivity contribution is 0.141. The van der Waals surface area contributed by atoms with Crippen LogP contribution in [0.25, 0.3) is 0 Å². The molecule has 72 valence electrons. The molecule has 4 heteroatoms. The van der Waals surface area contributed by atoms with Crippen molar-refractivity contribution in [3.05, 3.63) is 23.9 Å². The minimum absolute atomic E-state index is 0.520. The number of anilines is 1. The number of nitrogens with zero attached hydrogens (tertiary/aromatic N) is 2. The molecule has 0 spiro atoms. The summed E-state index contributed by atoms with van der Waals surface area (Å²) in [6.45, 7) is 0.520. The molecule has 0 aliphatic heterocycles. The number of hydrogen-bond acceptors (Lipinski definition) is 4. The Labute approximate surface area is 78.3 Å². The van der Waals surface area contributed by atoms with Crippen LogP contribution in [0, 0.1) is 0 Å². The summed E-state index contributed by atoms with van der Waals surface area (Å²) in [5.74, 6) is 5.94. The van der Waals surface area contributed by atoms with E-state index in [1.54, 1.807) is 6.20 Å². The van der Waals surface area contributed by atoms with E-state index in [9.17, 15) is 0 Å². The predicted molar refractivity (Wildman–Crippen MR) is 52.4 cm³/mol. The molecule has 0 aromatic carbocycles. The maximum absolute atomic E-state index is 4.97. The first kappa shape index (κ1) is 9.95. The van der Waals surface area contributed by atoms with Gasteiger partial charge in [-0.2, -0.15) is 0 Å². The van der Waals surface area contributed by atoms with Crippen molar-refractivity contribution in [3.63, 3.8) is 0 Å². The summed E-state index contributed by atoms with van der Waals surface area (Å²) < 4.78 is 0. The van der Waals surface area contributed by atoms with Crippen molar-refractivity contribution in [1.29, 1.82) is 0 Å². The van der Waals surface area contributed by atoms with Gasteiger partial charge in [-0.25, -0.2) is 10.9 Å². The molecule has 4 nitrogen and oxygen atoms in total. The van der Waals surface area contributed by atoms with Gasteiger partial charge in [-0.15, -0.1) is 0 Å². The minimum atomic E-state index is 0.520. The van der Waals surface area contributed by atoms with E-state index in [1.807, 2.05) is 31.1 Å². The van der Waals surface area contributed by atoms with Crippen LogP contribution in [0.2, 0.25) is 0 Å². The molecule has 2 N–H and O–H groups in total. The van der Waals surface area contributed by atoms with Crippen molar-refractivity contribution in [2.24, 2.45) is 5.90 Å². The highest BCUT2D eigenvalue weighted by Crippen LogP contribution is 2.14. The quantitative estimate of drug-likeness (QED) is 0.690. The molecule has 1 aromatic rings. The maximum atomic E-state index is 4.97. The summed E-state index contributed by atoms with van der Waals surface area (Å²) in [6.07, 6.45) is 2.57. The van der Waals surface area contributed by atoms with Gasteiger partial charge in [0.15, 0.2) is 0 Å². The maximum Gasteiger partial charge on any atom is 0.131 e. The molecular weight excluding hydrogens is 166 g/mol. The molecule has 0 bridgehead atoms. The molecule has 0 saturated carbocycles. The first-order valence-electron chi connectivity index (χ1n) is 4.18. The van der Waals surface area contributed by atoms with Gasteiger partial charge in [0, 0.05) is 26.7 Å². The largest absolute Gasteiger partial charge is 0.363 e. The van der Waals surface area contributed by atoms with E-state index in [1.165, 1.54) is 0 Å². The Morgan fingerprint density at radius 2 is 2.31 bits per heavy atom. The van der Waals surface area contributed by atoms with E-state index in [4.69, 9.17) is 5.90 Å². The molecule has 0 atom stereocenters. The Hall–Kier alpha value is -1.13. The van der Waals surface area contributed by atoms with Crippen LogP contribution in [0.4, 0.5) is 5.82 Å². The van der Waals surface area contributed by atoms with Crippen LogP contribution < -0.4 is 10.8 Å². The fourth-order valence-corrected chi connectivity index (χ4v) is 1.20. The van der Waals surface area contributed by atoms with Crippen molar-refractivity contribution < 1.29 is 4.84 Å². The van der Waals surface area contributed by atoms with Gasteiger partial charge < -0.3 is 9.74 Å². The van der Waals surface area contributed by atoms with Crippen molar-refractivity contribution in [3.8, 4) is 0 Å². The van der Waals surface area contributed by atoms with E-state index in [2.05, 4.69) is 9.82 Å². The Morgan fingerprint density at radius 1 is 1.54 bits per heavy atom. The SMILES string of the molecule is CN(C)c1ncccc1CCON. The van der Waals surface area contributed by atoms with Crippen LogP contribution in [0.15, 0.2) is 18.3 Å². The summed E-state index contributed by atoms with van der Waals surface area (Å²) in [4.78, 5) is 10.8. The molecule has 1 rings (SSSR count). The highest BCUT2D eigenvalue weighted by Gasteiger charge is 2.03. The smallest absolute Gasteiger partial charge is 0.131 e. The Bertz CT molecular complexity index is 263. The van der Waals surface area contributed by atoms with Crippen molar-refractivity contribution >= 4 is 5.82 Å². The lowest BCUT2D eigenvalue weighted by Gasteiger charge is -2.15. The zero-order valence-corrected chi connectivity index (χ0v) is 8.03. The van der Waals surface area contributed by atoms with Crippen LogP contribution in [-0.2, 0) is 11.3 Å². The van der Waals surface area contributed by atoms with Crippen LogP contribution in [-0.4, -0.2) is 25.7 Å². The highest BCUT2D eigenvalue weighted by molar-refractivity contribution is 5.45. The third-order valence-corrected chi connectivity index (χ3v) is 1.78. The molecule has 0 aliphatic carbocycles. The zero-order valence-electron chi connectivity index (χ0n) is 8.03. The average molecular weight is 181 g/mol. The second kappa shape index (κ2) is 4.79. The van der Waals surface area contributed by atoms with Crippen molar-refractivity contribution in [2.75, 3.05) is 25.6 Å². The van der Waals surface area contributed by atoms with Crippen molar-refractivity contribution in [2.45, 2.75) is 6.42 Å². The van der Waals surface area contributed by atoms with Crippen LogP contribution >= 0.6 is 0 Å². The monoisotopic (exact) mass is 181 g/mol. The topological polar surface area (TPSA) is 51.4 Å². The Kier molecular flexibility index (Phi) is 3.67. The zero-order chi connectivity index (χ0) is 9.68. The van der Waals surface area contributed by atoms with Gasteiger partial charge in [0.25, 0.3) is 0 Å². The van der Waals surface area contributed by atoms with Gasteiger partial charge in [0.2, 0.25) is 0 Å². The molecule has 0 radical (unpaired) electrons. The van der Waals surface area contributed by atoms with Gasteiger partial charge in [0.1, 0.15) is 5.82 Å². The van der Waals surface area contributed by atoms with Crippen LogP contribution in [0.3, 0.4) is 0 Å². The third kappa shape index (κ3) is 2.68. The fourth-order valence-electron chi connectivity index (χ4n) is 1.20. The Balaban J connectivity index is 2.78. The van der Waals surface area contributed by atoms with E-state index in [0.717, 1.165) is 17.8 Å². The van der Waals surface area contributed by atoms with Gasteiger partial charge >= 0.3 is 0 Å². The van der Waals surface area contributed by atoms with Crippen LogP contribution in [0.5, 0.6) is 0 Å². The standard InChI is InChI=1S/C9H15N3O/c1-12(2)9-8(5-7-13-10)4-3-6-11-9/h3-4,6H,5,7,10H2,1-2H3. The van der Waals surface area contributed by atoms with E-state index < -0.39 is 0 Å². The summed E-state index contributed by atoms with van der Waals surface area (Å²) in [7, 11) is 3.93. The average Bonchev–Trinajstić information content (AvgIpc) is 2.15. The number of rotatable bonds is 4. The third-order valence-electron chi connectivity index (χ3n) is 1.78. The van der Waals surface area contributed by atoms with Gasteiger partial charge in [-0.05, 0) is 11.6 Å². The molecular formula is C9H15N3O. The van der Waals surface area contributed by atoms with Crippen molar-refractivity contribution in [1.82, 2.24) is 4.98 Å². The Morgan fingerprint density at radius 3 is 2.92 bits per heavy atom. The first-order chi connectivity index (χ1) is 6.25. The highest BCUT2D eigenvalue weighted by atomic mass is 16.6. The van der Waals surface area contributed by atoms with Gasteiger partial charge in [0.05, 0.1) is 6.61 Å². The molecule has 0 fully saturated rings. The number of nitrogens with two attached hydrogens (primary N) is 1. The second-order valence-electron chi connectivity index (χ2n) is 3.00. The summed E-state index contributed by atoms with van der Waals surface area (Å²) in [6, 6.07) is 3.94. The molecule has 0 amide bonds. The lowest BCUT2D eigenvalue weighted by Crippen LogP contribution is -2.14. The van der Waals surface area contributed by atoms with E-state index in [-0.39, 0.29) is 0 Å². The molecule has 1 aromatic heterocycles. The van der Waals surface area contributed by atoms with Gasteiger partial charge in [-0.1, -0.05) is 6.07 Å². The molecule has 0 aliphatic rings. The minimum Gasteiger partial charge on any atom is -0.363 e. The molecule has 1 heterocycles. The normalized spacial score (nSPS) is 10.1. The van der Waals surface area contributed by atoms with Crippen LogP contribution in [0.1, 0.15) is 5.56 Å². The summed E-state index contributed by atoms with van der Waals surface area (Å²) in [5.41, 5.74) is 1.15. The predicted octanol–water partition coefficient (Wildman–Crippen LogP) is 0.580. The lowest BCUT2D eigenvalue weighted by atomic mass is 10.2. The molecule has 0 unspecified atom stereocenters. The van der Waals surface area contributed by atoms with E-state index >= 15 is 0 Å². The molecule has 0 saturated heterocycles. The number of aromatic nitrogens is 1. The first-order valence-corrected chi connectivity index (χ1v) is 4.18. The summed E-state index contributed by atoms with van der Waals surface area (Å²) >= 11 is 0.